The molecule has 0 aliphatic heterocycles. The first kappa shape index (κ1) is 14.0. The van der Waals surface area contributed by atoms with Crippen molar-refractivity contribution in [1.82, 2.24) is 9.55 Å². The first-order chi connectivity index (χ1) is 8.17. The molecular weight excluding hydrogens is 214 g/mol. The topological polar surface area (TPSA) is 39.1 Å². The van der Waals surface area contributed by atoms with Crippen LogP contribution in [0.4, 0.5) is 5.95 Å². The summed E-state index contributed by atoms with van der Waals surface area (Å²) in [6.07, 6.45) is 4.48. The van der Waals surface area contributed by atoms with Gasteiger partial charge in [0.05, 0.1) is 12.3 Å². The molecule has 0 fully saturated rings. The van der Waals surface area contributed by atoms with Crippen LogP contribution in [0.2, 0.25) is 0 Å². The highest BCUT2D eigenvalue weighted by Gasteiger charge is 2.08. The van der Waals surface area contributed by atoms with Crippen LogP contribution in [0.5, 0.6) is 0 Å². The van der Waals surface area contributed by atoms with Gasteiger partial charge in [0.2, 0.25) is 5.95 Å². The summed E-state index contributed by atoms with van der Waals surface area (Å²) in [5, 5.41) is 3.39. The number of methoxy groups -OCH3 is 1. The fraction of sp³-hybridized carbons (Fsp3) is 0.769. The maximum Gasteiger partial charge on any atom is 0.203 e. The van der Waals surface area contributed by atoms with Gasteiger partial charge in [0.1, 0.15) is 0 Å². The molecule has 98 valence electrons. The van der Waals surface area contributed by atoms with E-state index in [2.05, 4.69) is 34.9 Å². The average Bonchev–Trinajstić information content (AvgIpc) is 2.60. The van der Waals surface area contributed by atoms with E-state index in [4.69, 9.17) is 4.74 Å². The smallest absolute Gasteiger partial charge is 0.203 e. The first-order valence-corrected chi connectivity index (χ1v) is 6.44. The molecule has 0 spiro atoms. The highest BCUT2D eigenvalue weighted by Crippen LogP contribution is 2.12. The number of aromatic nitrogens is 2. The zero-order valence-corrected chi connectivity index (χ0v) is 11.5. The largest absolute Gasteiger partial charge is 0.384 e. The molecule has 1 heterocycles. The van der Waals surface area contributed by atoms with Crippen LogP contribution in [-0.4, -0.2) is 29.8 Å². The van der Waals surface area contributed by atoms with Gasteiger partial charge in [-0.05, 0) is 19.3 Å². The predicted octanol–water partition coefficient (Wildman–Crippen LogP) is 2.69. The van der Waals surface area contributed by atoms with Gasteiger partial charge < -0.3 is 14.6 Å². The number of hydrogen-bond acceptors (Lipinski definition) is 3. The number of nitrogens with one attached hydrogen (secondary N) is 1. The van der Waals surface area contributed by atoms with Crippen LogP contribution in [0, 0.1) is 12.8 Å². The minimum absolute atomic E-state index is 0.500. The maximum absolute atomic E-state index is 5.17. The van der Waals surface area contributed by atoms with Crippen molar-refractivity contribution < 1.29 is 4.74 Å². The summed E-state index contributed by atoms with van der Waals surface area (Å²) in [5.74, 6) is 1.49. The van der Waals surface area contributed by atoms with Crippen LogP contribution < -0.4 is 5.32 Å². The van der Waals surface area contributed by atoms with E-state index in [0.717, 1.165) is 31.3 Å². The van der Waals surface area contributed by atoms with Crippen molar-refractivity contribution in [3.05, 3.63) is 11.9 Å². The number of ether oxygens (including phenoxy) is 1. The number of rotatable bonds is 8. The monoisotopic (exact) mass is 239 g/mol. The fourth-order valence-electron chi connectivity index (χ4n) is 1.88. The molecule has 0 radical (unpaired) electrons. The third-order valence-electron chi connectivity index (χ3n) is 2.67. The van der Waals surface area contributed by atoms with Gasteiger partial charge in [0.15, 0.2) is 0 Å². The Hall–Kier alpha value is -1.03. The van der Waals surface area contributed by atoms with Crippen molar-refractivity contribution in [2.75, 3.05) is 25.6 Å². The van der Waals surface area contributed by atoms with Gasteiger partial charge in [-0.15, -0.1) is 0 Å². The zero-order chi connectivity index (χ0) is 12.7. The number of imidazole rings is 1. The Morgan fingerprint density at radius 3 is 2.94 bits per heavy atom. The second-order valence-corrected chi connectivity index (χ2v) is 4.70. The van der Waals surface area contributed by atoms with E-state index in [-0.39, 0.29) is 0 Å². The van der Waals surface area contributed by atoms with Crippen LogP contribution in [0.25, 0.3) is 0 Å². The molecule has 0 aliphatic carbocycles. The molecule has 0 saturated heterocycles. The van der Waals surface area contributed by atoms with Gasteiger partial charge in [-0.25, -0.2) is 4.98 Å². The maximum atomic E-state index is 5.17. The Bertz CT molecular complexity index is 322. The molecule has 0 aliphatic rings. The highest BCUT2D eigenvalue weighted by molar-refractivity contribution is 5.28. The molecule has 1 aromatic rings. The van der Waals surface area contributed by atoms with Gasteiger partial charge >= 0.3 is 0 Å². The summed E-state index contributed by atoms with van der Waals surface area (Å²) >= 11 is 0. The molecule has 1 unspecified atom stereocenters. The molecule has 0 bridgehead atoms. The lowest BCUT2D eigenvalue weighted by atomic mass is 10.2. The van der Waals surface area contributed by atoms with Gasteiger partial charge in [-0.2, -0.15) is 0 Å². The van der Waals surface area contributed by atoms with Crippen molar-refractivity contribution in [2.24, 2.45) is 5.92 Å². The molecule has 4 nitrogen and oxygen atoms in total. The van der Waals surface area contributed by atoms with Gasteiger partial charge in [-0.1, -0.05) is 20.3 Å². The Balaban J connectivity index is 2.57. The van der Waals surface area contributed by atoms with Crippen molar-refractivity contribution in [3.63, 3.8) is 0 Å². The van der Waals surface area contributed by atoms with Crippen LogP contribution in [0.1, 0.15) is 32.4 Å². The summed E-state index contributed by atoms with van der Waals surface area (Å²) in [7, 11) is 1.75. The SMILES string of the molecule is CCCCNc1nc(C)cn1CC(C)COC. The van der Waals surface area contributed by atoms with Crippen LogP contribution >= 0.6 is 0 Å². The molecule has 17 heavy (non-hydrogen) atoms. The van der Waals surface area contributed by atoms with E-state index in [0.29, 0.717) is 5.92 Å². The zero-order valence-electron chi connectivity index (χ0n) is 11.5. The standard InChI is InChI=1S/C13H25N3O/c1-5-6-7-14-13-15-12(3)9-16(13)8-11(2)10-17-4/h9,11H,5-8,10H2,1-4H3,(H,14,15). The van der Waals surface area contributed by atoms with Crippen molar-refractivity contribution in [3.8, 4) is 0 Å². The lowest BCUT2D eigenvalue weighted by Crippen LogP contribution is -2.15. The molecule has 0 amide bonds. The van der Waals surface area contributed by atoms with Gasteiger partial charge in [0, 0.05) is 26.4 Å². The number of unbranched alkanes of at least 4 members (excludes halogenated alkanes) is 1. The summed E-state index contributed by atoms with van der Waals surface area (Å²) in [6.45, 7) is 9.14. The normalized spacial score (nSPS) is 12.7. The second kappa shape index (κ2) is 7.33. The molecule has 0 saturated carbocycles. The Morgan fingerprint density at radius 1 is 1.53 bits per heavy atom. The lowest BCUT2D eigenvalue weighted by Gasteiger charge is -2.14. The Kier molecular flexibility index (Phi) is 6.05. The van der Waals surface area contributed by atoms with Gasteiger partial charge in [0.25, 0.3) is 0 Å². The minimum Gasteiger partial charge on any atom is -0.384 e. The van der Waals surface area contributed by atoms with E-state index in [1.807, 2.05) is 6.92 Å². The molecule has 1 N–H and O–H groups in total. The predicted molar refractivity (Wildman–Crippen MR) is 71.4 cm³/mol. The third-order valence-corrected chi connectivity index (χ3v) is 2.67. The van der Waals surface area contributed by atoms with E-state index >= 15 is 0 Å². The van der Waals surface area contributed by atoms with Crippen molar-refractivity contribution >= 4 is 5.95 Å². The number of anilines is 1. The average molecular weight is 239 g/mol. The van der Waals surface area contributed by atoms with Crippen LogP contribution in [0.3, 0.4) is 0 Å². The third kappa shape index (κ3) is 4.77. The minimum atomic E-state index is 0.500. The van der Waals surface area contributed by atoms with Crippen LogP contribution in [0.15, 0.2) is 6.20 Å². The van der Waals surface area contributed by atoms with Crippen LogP contribution in [-0.2, 0) is 11.3 Å². The quantitative estimate of drug-likeness (QED) is 0.709. The molecule has 1 aromatic heterocycles. The van der Waals surface area contributed by atoms with E-state index in [1.54, 1.807) is 7.11 Å². The van der Waals surface area contributed by atoms with Crippen molar-refractivity contribution in [1.29, 1.82) is 0 Å². The van der Waals surface area contributed by atoms with Crippen molar-refractivity contribution in [2.45, 2.75) is 40.2 Å². The Labute approximate surface area is 104 Å². The van der Waals surface area contributed by atoms with E-state index in [1.165, 1.54) is 12.8 Å². The summed E-state index contributed by atoms with van der Waals surface area (Å²) in [4.78, 5) is 4.51. The highest BCUT2D eigenvalue weighted by atomic mass is 16.5. The first-order valence-electron chi connectivity index (χ1n) is 6.44. The molecule has 1 rings (SSSR count). The molecule has 1 atom stereocenters. The number of aryl methyl sites for hydroxylation is 1. The summed E-state index contributed by atoms with van der Waals surface area (Å²) in [6, 6.07) is 0. The second-order valence-electron chi connectivity index (χ2n) is 4.70. The summed E-state index contributed by atoms with van der Waals surface area (Å²) < 4.78 is 7.36. The molecule has 0 aromatic carbocycles. The Morgan fingerprint density at radius 2 is 2.29 bits per heavy atom. The lowest BCUT2D eigenvalue weighted by molar-refractivity contribution is 0.151. The number of hydrogen-bond donors (Lipinski definition) is 1. The fourth-order valence-corrected chi connectivity index (χ4v) is 1.88. The van der Waals surface area contributed by atoms with Gasteiger partial charge in [-0.3, -0.25) is 0 Å². The van der Waals surface area contributed by atoms with E-state index in [9.17, 15) is 0 Å². The van der Waals surface area contributed by atoms with E-state index < -0.39 is 0 Å². The molecular formula is C13H25N3O. The number of nitrogens with zero attached hydrogens (tertiary/aromatic N) is 2. The summed E-state index contributed by atoms with van der Waals surface area (Å²) in [5.41, 5.74) is 1.06. The molecule has 4 heteroatoms.